The molecule has 4 atom stereocenters. The van der Waals surface area contributed by atoms with Crippen molar-refractivity contribution in [3.63, 3.8) is 0 Å². The van der Waals surface area contributed by atoms with Gasteiger partial charge >= 0.3 is 6.03 Å². The van der Waals surface area contributed by atoms with E-state index in [1.54, 1.807) is 0 Å². The number of nitrogens with zero attached hydrogens (tertiary/aromatic N) is 1. The van der Waals surface area contributed by atoms with Crippen LogP contribution in [0.3, 0.4) is 0 Å². The van der Waals surface area contributed by atoms with Crippen molar-refractivity contribution in [3.05, 3.63) is 71.9 Å². The predicted molar refractivity (Wildman–Crippen MR) is 131 cm³/mol. The number of nitrogens with one attached hydrogen (secondary N) is 3. The molecule has 1 saturated heterocycles. The molecule has 1 saturated carbocycles. The number of amides is 2. The largest absolute Gasteiger partial charge is 0.394 e. The van der Waals surface area contributed by atoms with Crippen LogP contribution in [0, 0.1) is 11.8 Å². The molecule has 4 N–H and O–H groups in total. The minimum absolute atomic E-state index is 0.0888. The number of carbonyl (C=O) groups is 1. The number of likely N-dealkylation sites (tertiary alicyclic amines) is 1. The summed E-state index contributed by atoms with van der Waals surface area (Å²) in [5.41, 5.74) is 3.53. The summed E-state index contributed by atoms with van der Waals surface area (Å²) in [6.07, 6.45) is 5.99. The van der Waals surface area contributed by atoms with Gasteiger partial charge in [0, 0.05) is 42.8 Å². The number of para-hydroxylation sites is 1. The van der Waals surface area contributed by atoms with Crippen LogP contribution in [0.15, 0.2) is 60.8 Å². The third kappa shape index (κ3) is 5.07. The maximum absolute atomic E-state index is 12.9. The van der Waals surface area contributed by atoms with Crippen molar-refractivity contribution in [2.75, 3.05) is 19.7 Å². The maximum Gasteiger partial charge on any atom is 0.315 e. The Morgan fingerprint density at radius 3 is 2.76 bits per heavy atom. The van der Waals surface area contributed by atoms with Crippen LogP contribution in [-0.2, 0) is 13.0 Å². The average molecular weight is 447 g/mol. The first-order chi connectivity index (χ1) is 16.2. The number of rotatable bonds is 7. The number of hydrogen-bond donors (Lipinski definition) is 4. The van der Waals surface area contributed by atoms with E-state index in [2.05, 4.69) is 56.9 Å². The lowest BCUT2D eigenvalue weighted by atomic mass is 9.78. The van der Waals surface area contributed by atoms with E-state index in [1.807, 2.05) is 24.4 Å². The standard InChI is InChI=1S/C27H34N4O2/c32-18-22(13-21-14-28-25-11-5-4-10-23(21)25)29-27(33)30-26-12-6-9-20-16-31(17-24(20)26)15-19-7-2-1-3-8-19/h1-5,7-8,10-11,14,20,22,24,26,28,32H,6,9,12-13,15-18H2,(H2,29,30,33). The highest BCUT2D eigenvalue weighted by molar-refractivity contribution is 5.83. The van der Waals surface area contributed by atoms with Gasteiger partial charge in [-0.15, -0.1) is 0 Å². The number of fused-ring (bicyclic) bond motifs is 2. The second-order valence-corrected chi connectivity index (χ2v) is 9.70. The molecule has 0 radical (unpaired) electrons. The van der Waals surface area contributed by atoms with E-state index in [4.69, 9.17) is 0 Å². The molecule has 2 heterocycles. The summed E-state index contributed by atoms with van der Waals surface area (Å²) < 4.78 is 0. The normalized spacial score (nSPS) is 23.8. The van der Waals surface area contributed by atoms with Gasteiger partial charge in [-0.3, -0.25) is 4.90 Å². The average Bonchev–Trinajstić information content (AvgIpc) is 3.43. The van der Waals surface area contributed by atoms with E-state index in [0.717, 1.165) is 48.9 Å². The Morgan fingerprint density at radius 2 is 1.91 bits per heavy atom. The molecule has 1 aliphatic heterocycles. The Kier molecular flexibility index (Phi) is 6.65. The van der Waals surface area contributed by atoms with Crippen molar-refractivity contribution in [2.45, 2.75) is 44.3 Å². The molecule has 6 nitrogen and oxygen atoms in total. The summed E-state index contributed by atoms with van der Waals surface area (Å²) >= 11 is 0. The van der Waals surface area contributed by atoms with Gasteiger partial charge in [0.25, 0.3) is 0 Å². The second-order valence-electron chi connectivity index (χ2n) is 9.70. The molecule has 3 aromatic rings. The first-order valence-electron chi connectivity index (χ1n) is 12.2. The number of aromatic nitrogens is 1. The van der Waals surface area contributed by atoms with Crippen molar-refractivity contribution < 1.29 is 9.90 Å². The minimum atomic E-state index is -0.318. The molecular weight excluding hydrogens is 412 g/mol. The van der Waals surface area contributed by atoms with Gasteiger partial charge in [0.2, 0.25) is 0 Å². The van der Waals surface area contributed by atoms with Gasteiger partial charge in [-0.2, -0.15) is 0 Å². The molecule has 5 rings (SSSR count). The van der Waals surface area contributed by atoms with Crippen LogP contribution in [0.25, 0.3) is 10.9 Å². The fourth-order valence-corrected chi connectivity index (χ4v) is 5.84. The summed E-state index contributed by atoms with van der Waals surface area (Å²) in [7, 11) is 0. The molecule has 2 fully saturated rings. The van der Waals surface area contributed by atoms with E-state index in [1.165, 1.54) is 12.0 Å². The first kappa shape index (κ1) is 22.0. The lowest BCUT2D eigenvalue weighted by Gasteiger charge is -2.34. The minimum Gasteiger partial charge on any atom is -0.394 e. The van der Waals surface area contributed by atoms with Gasteiger partial charge in [-0.25, -0.2) is 4.79 Å². The molecule has 0 bridgehead atoms. The topological polar surface area (TPSA) is 80.4 Å². The Labute approximate surface area is 195 Å². The summed E-state index contributed by atoms with van der Waals surface area (Å²) in [6.45, 7) is 3.03. The van der Waals surface area contributed by atoms with Crippen LogP contribution in [0.4, 0.5) is 4.79 Å². The summed E-state index contributed by atoms with van der Waals surface area (Å²) in [5, 5.41) is 17.3. The van der Waals surface area contributed by atoms with Crippen molar-refractivity contribution in [1.82, 2.24) is 20.5 Å². The highest BCUT2D eigenvalue weighted by atomic mass is 16.3. The van der Waals surface area contributed by atoms with E-state index in [-0.39, 0.29) is 24.7 Å². The fourth-order valence-electron chi connectivity index (χ4n) is 5.84. The molecule has 174 valence electrons. The van der Waals surface area contributed by atoms with E-state index >= 15 is 0 Å². The Bertz CT molecular complexity index is 1070. The summed E-state index contributed by atoms with van der Waals surface area (Å²) in [5.74, 6) is 1.14. The summed E-state index contributed by atoms with van der Waals surface area (Å²) in [4.78, 5) is 18.7. The Morgan fingerprint density at radius 1 is 1.09 bits per heavy atom. The van der Waals surface area contributed by atoms with Gasteiger partial charge < -0.3 is 20.7 Å². The third-order valence-electron chi connectivity index (χ3n) is 7.44. The summed E-state index contributed by atoms with van der Waals surface area (Å²) in [6, 6.07) is 18.5. The highest BCUT2D eigenvalue weighted by Crippen LogP contribution is 2.37. The van der Waals surface area contributed by atoms with Gasteiger partial charge in [-0.05, 0) is 48.3 Å². The van der Waals surface area contributed by atoms with Crippen LogP contribution in [0.5, 0.6) is 0 Å². The van der Waals surface area contributed by atoms with Crippen LogP contribution in [-0.4, -0.2) is 52.8 Å². The zero-order valence-electron chi connectivity index (χ0n) is 19.0. The van der Waals surface area contributed by atoms with E-state index in [0.29, 0.717) is 18.3 Å². The van der Waals surface area contributed by atoms with Crippen LogP contribution in [0.1, 0.15) is 30.4 Å². The van der Waals surface area contributed by atoms with Crippen molar-refractivity contribution in [1.29, 1.82) is 0 Å². The van der Waals surface area contributed by atoms with E-state index < -0.39 is 0 Å². The number of aliphatic hydroxyl groups is 1. The number of aliphatic hydroxyl groups excluding tert-OH is 1. The molecule has 4 unspecified atom stereocenters. The number of hydrogen-bond acceptors (Lipinski definition) is 3. The number of aromatic amines is 1. The van der Waals surface area contributed by atoms with Crippen LogP contribution < -0.4 is 10.6 Å². The monoisotopic (exact) mass is 446 g/mol. The molecule has 0 spiro atoms. The molecule has 1 aromatic heterocycles. The van der Waals surface area contributed by atoms with Gasteiger partial charge in [0.1, 0.15) is 0 Å². The fraction of sp³-hybridized carbons (Fsp3) is 0.444. The number of urea groups is 1. The molecule has 33 heavy (non-hydrogen) atoms. The molecule has 2 amide bonds. The molecule has 2 aliphatic rings. The first-order valence-corrected chi connectivity index (χ1v) is 12.2. The zero-order chi connectivity index (χ0) is 22.6. The SMILES string of the molecule is O=C(NC(CO)Cc1c[nH]c2ccccc12)NC1CCCC2CN(Cc3ccccc3)CC21. The quantitative estimate of drug-likeness (QED) is 0.447. The lowest BCUT2D eigenvalue weighted by molar-refractivity contribution is 0.192. The predicted octanol–water partition coefficient (Wildman–Crippen LogP) is 3.67. The van der Waals surface area contributed by atoms with E-state index in [9.17, 15) is 9.90 Å². The maximum atomic E-state index is 12.9. The second kappa shape index (κ2) is 9.98. The zero-order valence-corrected chi connectivity index (χ0v) is 19.0. The number of carbonyl (C=O) groups excluding carboxylic acids is 1. The highest BCUT2D eigenvalue weighted by Gasteiger charge is 2.40. The smallest absolute Gasteiger partial charge is 0.315 e. The third-order valence-corrected chi connectivity index (χ3v) is 7.44. The molecular formula is C27H34N4O2. The Balaban J connectivity index is 1.17. The number of H-pyrrole nitrogens is 1. The van der Waals surface area contributed by atoms with Gasteiger partial charge in [0.15, 0.2) is 0 Å². The molecule has 2 aromatic carbocycles. The van der Waals surface area contributed by atoms with Crippen LogP contribution >= 0.6 is 0 Å². The van der Waals surface area contributed by atoms with Crippen molar-refractivity contribution in [3.8, 4) is 0 Å². The molecule has 1 aliphatic carbocycles. The molecule has 6 heteroatoms. The van der Waals surface area contributed by atoms with Crippen molar-refractivity contribution in [2.24, 2.45) is 11.8 Å². The van der Waals surface area contributed by atoms with Gasteiger partial charge in [0.05, 0.1) is 12.6 Å². The van der Waals surface area contributed by atoms with Crippen LogP contribution in [0.2, 0.25) is 0 Å². The van der Waals surface area contributed by atoms with Gasteiger partial charge in [-0.1, -0.05) is 55.0 Å². The number of benzene rings is 2. The lowest BCUT2D eigenvalue weighted by Crippen LogP contribution is -2.52. The van der Waals surface area contributed by atoms with Crippen molar-refractivity contribution >= 4 is 16.9 Å². The Hall–Kier alpha value is -2.83.